The molecule has 2 rings (SSSR count). The van der Waals surface area contributed by atoms with Gasteiger partial charge in [0.1, 0.15) is 12.6 Å². The molecule has 1 aromatic rings. The van der Waals surface area contributed by atoms with Gasteiger partial charge in [-0.25, -0.2) is 4.39 Å². The number of morpholine rings is 1. The Morgan fingerprint density at radius 1 is 1.55 bits per heavy atom. The highest BCUT2D eigenvalue weighted by molar-refractivity contribution is 5.80. The zero-order chi connectivity index (χ0) is 14.5. The fourth-order valence-electron chi connectivity index (χ4n) is 2.38. The van der Waals surface area contributed by atoms with Crippen molar-refractivity contribution in [3.8, 4) is 5.75 Å². The molecule has 0 aliphatic carbocycles. The molecule has 0 spiro atoms. The number of carbonyl (C=O) groups excluding carboxylic acids is 1. The number of para-hydroxylation sites is 1. The van der Waals surface area contributed by atoms with Crippen molar-refractivity contribution >= 4 is 5.91 Å². The lowest BCUT2D eigenvalue weighted by molar-refractivity contribution is -0.136. The first kappa shape index (κ1) is 14.7. The maximum Gasteiger partial charge on any atom is 0.237 e. The maximum absolute atomic E-state index is 13.4. The van der Waals surface area contributed by atoms with Crippen LogP contribution < -0.4 is 10.5 Å². The van der Waals surface area contributed by atoms with Crippen molar-refractivity contribution in [2.24, 2.45) is 5.73 Å². The summed E-state index contributed by atoms with van der Waals surface area (Å²) in [6.45, 7) is 3.76. The van der Waals surface area contributed by atoms with Crippen LogP contribution in [-0.2, 0) is 9.53 Å². The second-order valence-electron chi connectivity index (χ2n) is 4.74. The molecule has 2 atom stereocenters. The van der Waals surface area contributed by atoms with Crippen LogP contribution in [0.3, 0.4) is 0 Å². The minimum Gasteiger partial charge on any atom is -0.489 e. The minimum atomic E-state index is -0.465. The highest BCUT2D eigenvalue weighted by Gasteiger charge is 2.33. The Morgan fingerprint density at radius 3 is 3.00 bits per heavy atom. The van der Waals surface area contributed by atoms with Crippen molar-refractivity contribution in [3.63, 3.8) is 0 Å². The first-order chi connectivity index (χ1) is 9.59. The normalized spacial score (nSPS) is 23.5. The van der Waals surface area contributed by atoms with Gasteiger partial charge < -0.3 is 15.2 Å². The summed E-state index contributed by atoms with van der Waals surface area (Å²) in [6.07, 6.45) is -0.241. The lowest BCUT2D eigenvalue weighted by atomic mass is 10.1. The second kappa shape index (κ2) is 6.67. The SMILES string of the molecule is C[C@H]1OCCN(CCOc2ccccc2F)[C@@H]1C(N)=O. The molecule has 0 aromatic heterocycles. The van der Waals surface area contributed by atoms with E-state index >= 15 is 0 Å². The standard InChI is InChI=1S/C14H19FN2O3/c1-10-13(14(16)18)17(6-8-19-10)7-9-20-12-5-3-2-4-11(12)15/h2-5,10,13H,6-9H2,1H3,(H2,16,18)/t10-,13+/m1/s1. The van der Waals surface area contributed by atoms with E-state index in [0.29, 0.717) is 19.7 Å². The summed E-state index contributed by atoms with van der Waals surface area (Å²) < 4.78 is 24.2. The fraction of sp³-hybridized carbons (Fsp3) is 0.500. The number of rotatable bonds is 5. The fourth-order valence-corrected chi connectivity index (χ4v) is 2.38. The monoisotopic (exact) mass is 282 g/mol. The van der Waals surface area contributed by atoms with Gasteiger partial charge >= 0.3 is 0 Å². The summed E-state index contributed by atoms with van der Waals surface area (Å²) >= 11 is 0. The molecular weight excluding hydrogens is 263 g/mol. The number of hydrogen-bond donors (Lipinski definition) is 1. The highest BCUT2D eigenvalue weighted by atomic mass is 19.1. The Morgan fingerprint density at radius 2 is 2.30 bits per heavy atom. The van der Waals surface area contributed by atoms with Gasteiger partial charge in [-0.05, 0) is 19.1 Å². The van der Waals surface area contributed by atoms with Crippen LogP contribution in [0.25, 0.3) is 0 Å². The molecule has 1 fully saturated rings. The summed E-state index contributed by atoms with van der Waals surface area (Å²) in [6, 6.07) is 5.77. The van der Waals surface area contributed by atoms with Crippen LogP contribution in [0.15, 0.2) is 24.3 Å². The molecule has 1 aromatic carbocycles. The topological polar surface area (TPSA) is 64.8 Å². The van der Waals surface area contributed by atoms with Gasteiger partial charge in [-0.2, -0.15) is 0 Å². The molecule has 110 valence electrons. The molecule has 0 bridgehead atoms. The van der Waals surface area contributed by atoms with Gasteiger partial charge in [-0.15, -0.1) is 0 Å². The number of benzene rings is 1. The number of hydrogen-bond acceptors (Lipinski definition) is 4. The van der Waals surface area contributed by atoms with Crippen molar-refractivity contribution in [2.75, 3.05) is 26.3 Å². The van der Waals surface area contributed by atoms with Crippen molar-refractivity contribution in [3.05, 3.63) is 30.1 Å². The van der Waals surface area contributed by atoms with E-state index in [1.54, 1.807) is 18.2 Å². The summed E-state index contributed by atoms with van der Waals surface area (Å²) in [5.41, 5.74) is 5.39. The van der Waals surface area contributed by atoms with E-state index < -0.39 is 17.8 Å². The number of amides is 1. The predicted octanol–water partition coefficient (Wildman–Crippen LogP) is 0.779. The molecule has 0 radical (unpaired) electrons. The Kier molecular flexibility index (Phi) is 4.92. The number of nitrogens with zero attached hydrogens (tertiary/aromatic N) is 1. The lowest BCUT2D eigenvalue weighted by Crippen LogP contribution is -2.57. The van der Waals surface area contributed by atoms with Crippen molar-refractivity contribution in [2.45, 2.75) is 19.1 Å². The largest absolute Gasteiger partial charge is 0.489 e. The van der Waals surface area contributed by atoms with Gasteiger partial charge in [0.15, 0.2) is 11.6 Å². The average molecular weight is 282 g/mol. The summed E-state index contributed by atoms with van der Waals surface area (Å²) in [7, 11) is 0. The van der Waals surface area contributed by atoms with E-state index in [2.05, 4.69) is 0 Å². The van der Waals surface area contributed by atoms with Crippen molar-refractivity contribution in [1.29, 1.82) is 0 Å². The zero-order valence-electron chi connectivity index (χ0n) is 11.4. The van der Waals surface area contributed by atoms with Gasteiger partial charge in [-0.1, -0.05) is 12.1 Å². The van der Waals surface area contributed by atoms with Crippen LogP contribution in [0.1, 0.15) is 6.92 Å². The van der Waals surface area contributed by atoms with E-state index in [9.17, 15) is 9.18 Å². The highest BCUT2D eigenvalue weighted by Crippen LogP contribution is 2.17. The number of ether oxygens (including phenoxy) is 2. The van der Waals surface area contributed by atoms with Gasteiger partial charge in [-0.3, -0.25) is 9.69 Å². The molecule has 2 N–H and O–H groups in total. The molecule has 0 unspecified atom stereocenters. The molecule has 0 saturated carbocycles. The molecule has 1 aliphatic heterocycles. The van der Waals surface area contributed by atoms with Gasteiger partial charge in [0.05, 0.1) is 12.7 Å². The Labute approximate surface area is 117 Å². The quantitative estimate of drug-likeness (QED) is 0.866. The van der Waals surface area contributed by atoms with E-state index in [1.165, 1.54) is 6.07 Å². The molecule has 20 heavy (non-hydrogen) atoms. The van der Waals surface area contributed by atoms with Crippen LogP contribution in [0.2, 0.25) is 0 Å². The molecule has 1 heterocycles. The van der Waals surface area contributed by atoms with Gasteiger partial charge in [0.25, 0.3) is 0 Å². The molecule has 1 aliphatic rings. The molecular formula is C14H19FN2O3. The summed E-state index contributed by atoms with van der Waals surface area (Å²) in [5.74, 6) is -0.596. The first-order valence-electron chi connectivity index (χ1n) is 6.62. The third-order valence-electron chi connectivity index (χ3n) is 3.36. The predicted molar refractivity (Wildman–Crippen MR) is 71.9 cm³/mol. The van der Waals surface area contributed by atoms with Gasteiger partial charge in [0, 0.05) is 13.1 Å². The Bertz CT molecular complexity index is 469. The molecule has 1 saturated heterocycles. The third-order valence-corrected chi connectivity index (χ3v) is 3.36. The van der Waals surface area contributed by atoms with Crippen molar-refractivity contribution < 1.29 is 18.7 Å². The van der Waals surface area contributed by atoms with E-state index in [-0.39, 0.29) is 18.5 Å². The van der Waals surface area contributed by atoms with Crippen molar-refractivity contribution in [1.82, 2.24) is 4.90 Å². The molecule has 1 amide bonds. The number of halogens is 1. The van der Waals surface area contributed by atoms with E-state index in [4.69, 9.17) is 15.2 Å². The summed E-state index contributed by atoms with van der Waals surface area (Å²) in [5, 5.41) is 0. The van der Waals surface area contributed by atoms with E-state index in [0.717, 1.165) is 0 Å². The smallest absolute Gasteiger partial charge is 0.237 e. The van der Waals surface area contributed by atoms with Crippen LogP contribution in [-0.4, -0.2) is 49.3 Å². The van der Waals surface area contributed by atoms with E-state index in [1.807, 2.05) is 11.8 Å². The molecule has 6 heteroatoms. The summed E-state index contributed by atoms with van der Waals surface area (Å²) in [4.78, 5) is 13.4. The third kappa shape index (κ3) is 3.46. The maximum atomic E-state index is 13.4. The van der Waals surface area contributed by atoms with Crippen LogP contribution in [0.5, 0.6) is 5.75 Å². The van der Waals surface area contributed by atoms with Crippen LogP contribution >= 0.6 is 0 Å². The van der Waals surface area contributed by atoms with Crippen LogP contribution in [0.4, 0.5) is 4.39 Å². The van der Waals surface area contributed by atoms with Crippen LogP contribution in [0, 0.1) is 5.82 Å². The second-order valence-corrected chi connectivity index (χ2v) is 4.74. The van der Waals surface area contributed by atoms with Gasteiger partial charge in [0.2, 0.25) is 5.91 Å². The first-order valence-corrected chi connectivity index (χ1v) is 6.62. The molecule has 5 nitrogen and oxygen atoms in total. The number of nitrogens with two attached hydrogens (primary N) is 1. The zero-order valence-corrected chi connectivity index (χ0v) is 11.4. The number of primary amides is 1. The Hall–Kier alpha value is -1.66. The number of carbonyl (C=O) groups is 1. The Balaban J connectivity index is 1.89. The lowest BCUT2D eigenvalue weighted by Gasteiger charge is -2.37. The average Bonchev–Trinajstić information content (AvgIpc) is 2.40. The minimum absolute atomic E-state index is 0.212.